The standard InChI is InChI=1S/C6H9Br2NO4/c1-2-5(10)13-4-3-6(7,8)9(11)12/h2-4H2,1H3. The third-order valence-corrected chi connectivity index (χ3v) is 2.59. The Balaban J connectivity index is 3.76. The molecule has 0 aromatic heterocycles. The molecule has 0 atom stereocenters. The van der Waals surface area contributed by atoms with Gasteiger partial charge in [-0.3, -0.25) is 14.9 Å². The zero-order valence-corrected chi connectivity index (χ0v) is 10.1. The van der Waals surface area contributed by atoms with Gasteiger partial charge in [0.15, 0.2) is 0 Å². The van der Waals surface area contributed by atoms with Crippen molar-refractivity contribution < 1.29 is 14.5 Å². The Kier molecular flexibility index (Phi) is 5.46. The van der Waals surface area contributed by atoms with Gasteiger partial charge in [0.2, 0.25) is 0 Å². The van der Waals surface area contributed by atoms with Crippen molar-refractivity contribution in [3.8, 4) is 0 Å². The van der Waals surface area contributed by atoms with Crippen LogP contribution >= 0.6 is 31.9 Å². The summed E-state index contributed by atoms with van der Waals surface area (Å²) in [6.07, 6.45) is 0.349. The Labute approximate surface area is 92.2 Å². The van der Waals surface area contributed by atoms with Crippen LogP contribution in [0.4, 0.5) is 0 Å². The van der Waals surface area contributed by atoms with Crippen LogP contribution in [0.2, 0.25) is 0 Å². The average molecular weight is 319 g/mol. The van der Waals surface area contributed by atoms with Gasteiger partial charge < -0.3 is 4.74 Å². The number of nitrogens with zero attached hydrogens (tertiary/aromatic N) is 1. The summed E-state index contributed by atoms with van der Waals surface area (Å²) in [5, 5.41) is 10.3. The molecular weight excluding hydrogens is 310 g/mol. The van der Waals surface area contributed by atoms with Crippen molar-refractivity contribution in [2.24, 2.45) is 0 Å². The second kappa shape index (κ2) is 5.54. The molecule has 0 fully saturated rings. The van der Waals surface area contributed by atoms with Crippen LogP contribution < -0.4 is 0 Å². The van der Waals surface area contributed by atoms with Crippen molar-refractivity contribution in [2.75, 3.05) is 6.61 Å². The molecule has 0 aromatic rings. The number of ether oxygens (including phenoxy) is 1. The number of carbonyl (C=O) groups excluding carboxylic acids is 1. The molecule has 7 heteroatoms. The summed E-state index contributed by atoms with van der Waals surface area (Å²) in [4.78, 5) is 20.4. The van der Waals surface area contributed by atoms with E-state index in [0.29, 0.717) is 0 Å². The number of carbonyl (C=O) groups is 1. The first-order valence-corrected chi connectivity index (χ1v) is 5.16. The minimum Gasteiger partial charge on any atom is -0.465 e. The predicted molar refractivity (Wildman–Crippen MR) is 53.4 cm³/mol. The molecule has 0 unspecified atom stereocenters. The van der Waals surface area contributed by atoms with Crippen molar-refractivity contribution in [3.05, 3.63) is 10.1 Å². The Morgan fingerprint density at radius 2 is 2.15 bits per heavy atom. The van der Waals surface area contributed by atoms with Gasteiger partial charge in [-0.1, -0.05) is 6.92 Å². The molecule has 0 rings (SSSR count). The van der Waals surface area contributed by atoms with Gasteiger partial charge >= 0.3 is 9.33 Å². The maximum absolute atomic E-state index is 10.6. The first-order chi connectivity index (χ1) is 5.90. The van der Waals surface area contributed by atoms with Crippen LogP contribution in [0.5, 0.6) is 0 Å². The third-order valence-electron chi connectivity index (χ3n) is 1.22. The molecule has 0 saturated carbocycles. The van der Waals surface area contributed by atoms with E-state index in [4.69, 9.17) is 0 Å². The number of halogens is 2. The monoisotopic (exact) mass is 317 g/mol. The van der Waals surface area contributed by atoms with E-state index in [2.05, 4.69) is 36.6 Å². The van der Waals surface area contributed by atoms with Crippen molar-refractivity contribution in [1.82, 2.24) is 0 Å². The van der Waals surface area contributed by atoms with Gasteiger partial charge in [0.1, 0.15) is 6.61 Å². The Morgan fingerprint density at radius 1 is 1.62 bits per heavy atom. The molecule has 0 aliphatic rings. The number of esters is 1. The SMILES string of the molecule is CCC(=O)OCCC(Br)(Br)[N+](=O)[O-]. The van der Waals surface area contributed by atoms with E-state index < -0.39 is 8.28 Å². The predicted octanol–water partition coefficient (Wildman–Crippen LogP) is 2.05. The van der Waals surface area contributed by atoms with Crippen LogP contribution in [0.15, 0.2) is 0 Å². The maximum Gasteiger partial charge on any atom is 0.330 e. The molecule has 0 bridgehead atoms. The summed E-state index contributed by atoms with van der Waals surface area (Å²) in [5.74, 6) is -0.362. The molecular formula is C6H9Br2NO4. The Hall–Kier alpha value is -0.170. The van der Waals surface area contributed by atoms with Crippen LogP contribution in [0.25, 0.3) is 0 Å². The summed E-state index contributed by atoms with van der Waals surface area (Å²) in [6, 6.07) is 0. The summed E-state index contributed by atoms with van der Waals surface area (Å²) in [7, 11) is 0. The minimum absolute atomic E-state index is 0.0180. The van der Waals surface area contributed by atoms with E-state index >= 15 is 0 Å². The number of nitro groups is 1. The molecule has 0 aliphatic heterocycles. The summed E-state index contributed by atoms with van der Waals surface area (Å²) >= 11 is 5.69. The zero-order valence-electron chi connectivity index (χ0n) is 6.96. The van der Waals surface area contributed by atoms with Gasteiger partial charge in [-0.05, 0) is 0 Å². The second-order valence-corrected chi connectivity index (χ2v) is 5.93. The lowest BCUT2D eigenvalue weighted by atomic mass is 10.4. The number of rotatable bonds is 5. The molecule has 0 aromatic carbocycles. The van der Waals surface area contributed by atoms with Crippen LogP contribution in [-0.2, 0) is 9.53 Å². The number of alkyl halides is 2. The van der Waals surface area contributed by atoms with Crippen LogP contribution in [-0.4, -0.2) is 20.9 Å². The molecule has 13 heavy (non-hydrogen) atoms. The number of hydrogen-bond donors (Lipinski definition) is 0. The zero-order chi connectivity index (χ0) is 10.5. The van der Waals surface area contributed by atoms with Crippen molar-refractivity contribution in [2.45, 2.75) is 23.1 Å². The lowest BCUT2D eigenvalue weighted by Gasteiger charge is -2.10. The fourth-order valence-corrected chi connectivity index (χ4v) is 0.805. The second-order valence-electron chi connectivity index (χ2n) is 2.25. The van der Waals surface area contributed by atoms with Crippen molar-refractivity contribution >= 4 is 37.8 Å². The van der Waals surface area contributed by atoms with Gasteiger partial charge in [0, 0.05) is 43.2 Å². The largest absolute Gasteiger partial charge is 0.465 e. The summed E-state index contributed by atoms with van der Waals surface area (Å²) in [5.41, 5.74) is 0. The van der Waals surface area contributed by atoms with Gasteiger partial charge in [-0.15, -0.1) is 0 Å². The van der Waals surface area contributed by atoms with Gasteiger partial charge in [-0.25, -0.2) is 0 Å². The molecule has 76 valence electrons. The fraction of sp³-hybridized carbons (Fsp3) is 0.833. The maximum atomic E-state index is 10.6. The average Bonchev–Trinajstić information content (AvgIpc) is 2.03. The molecule has 0 spiro atoms. The van der Waals surface area contributed by atoms with E-state index in [0.717, 1.165) is 0 Å². The summed E-state index contributed by atoms with van der Waals surface area (Å²) < 4.78 is 3.28. The minimum atomic E-state index is -1.39. The highest BCUT2D eigenvalue weighted by atomic mass is 79.9. The quantitative estimate of drug-likeness (QED) is 0.256. The molecule has 0 radical (unpaired) electrons. The topological polar surface area (TPSA) is 69.4 Å². The molecule has 0 saturated heterocycles. The molecule has 5 nitrogen and oxygen atoms in total. The van der Waals surface area contributed by atoms with Crippen molar-refractivity contribution in [3.63, 3.8) is 0 Å². The number of hydrogen-bond acceptors (Lipinski definition) is 4. The van der Waals surface area contributed by atoms with E-state index in [1.165, 1.54) is 0 Å². The van der Waals surface area contributed by atoms with Gasteiger partial charge in [0.25, 0.3) is 0 Å². The fourth-order valence-electron chi connectivity index (χ4n) is 0.481. The normalized spacial score (nSPS) is 11.0. The molecule has 0 N–H and O–H groups in total. The molecule has 0 amide bonds. The lowest BCUT2D eigenvalue weighted by molar-refractivity contribution is -0.505. The first kappa shape index (κ1) is 12.8. The van der Waals surface area contributed by atoms with E-state index in [-0.39, 0.29) is 25.4 Å². The van der Waals surface area contributed by atoms with E-state index in [1.807, 2.05) is 0 Å². The smallest absolute Gasteiger partial charge is 0.330 e. The van der Waals surface area contributed by atoms with Crippen LogP contribution in [0.1, 0.15) is 19.8 Å². The van der Waals surface area contributed by atoms with E-state index in [9.17, 15) is 14.9 Å². The highest BCUT2D eigenvalue weighted by molar-refractivity contribution is 9.25. The summed E-state index contributed by atoms with van der Waals surface area (Å²) in [6.45, 7) is 1.68. The van der Waals surface area contributed by atoms with Gasteiger partial charge in [-0.2, -0.15) is 0 Å². The highest BCUT2D eigenvalue weighted by Gasteiger charge is 2.35. The Bertz CT molecular complexity index is 207. The molecule has 0 aliphatic carbocycles. The Morgan fingerprint density at radius 3 is 2.54 bits per heavy atom. The van der Waals surface area contributed by atoms with E-state index in [1.54, 1.807) is 6.92 Å². The van der Waals surface area contributed by atoms with Crippen molar-refractivity contribution in [1.29, 1.82) is 0 Å². The first-order valence-electron chi connectivity index (χ1n) is 3.58. The van der Waals surface area contributed by atoms with Gasteiger partial charge in [0.05, 0.1) is 6.42 Å². The third kappa shape index (κ3) is 5.20. The lowest BCUT2D eigenvalue weighted by Crippen LogP contribution is -2.25. The molecule has 0 heterocycles. The highest BCUT2D eigenvalue weighted by Crippen LogP contribution is 2.30. The van der Waals surface area contributed by atoms with Crippen LogP contribution in [0.3, 0.4) is 0 Å². The van der Waals surface area contributed by atoms with Crippen LogP contribution in [0, 0.1) is 10.1 Å².